The van der Waals surface area contributed by atoms with Gasteiger partial charge in [0, 0.05) is 47.9 Å². The number of hydrogen-bond acceptors (Lipinski definition) is 5. The number of rotatable bonds is 5. The van der Waals surface area contributed by atoms with E-state index in [1.165, 1.54) is 17.8 Å². The lowest BCUT2D eigenvalue weighted by molar-refractivity contribution is 0.0724. The summed E-state index contributed by atoms with van der Waals surface area (Å²) < 4.78 is 0. The van der Waals surface area contributed by atoms with Gasteiger partial charge in [0.1, 0.15) is 0 Å². The summed E-state index contributed by atoms with van der Waals surface area (Å²) in [6.45, 7) is 5.53. The second-order valence-corrected chi connectivity index (χ2v) is 8.67. The highest BCUT2D eigenvalue weighted by Gasteiger charge is 2.19. The Bertz CT molecular complexity index is 1200. The maximum atomic E-state index is 12.8. The largest absolute Gasteiger partial charge is 0.339 e. The number of benzene rings is 1. The SMILES string of the molecule is CC=N/C=C\C(C)c1nc(-c2cc3ccc(C(=O)N4CCCCC4)cc3[nH]c2=O)cs1. The van der Waals surface area contributed by atoms with E-state index in [1.54, 1.807) is 18.5 Å². The quantitative estimate of drug-likeness (QED) is 0.575. The Kier molecular flexibility index (Phi) is 6.42. The fourth-order valence-corrected chi connectivity index (χ4v) is 4.63. The molecule has 0 aliphatic carbocycles. The second-order valence-electron chi connectivity index (χ2n) is 7.78. The van der Waals surface area contributed by atoms with Gasteiger partial charge in [-0.2, -0.15) is 0 Å². The third kappa shape index (κ3) is 4.66. The van der Waals surface area contributed by atoms with E-state index in [0.29, 0.717) is 22.3 Å². The molecule has 1 amide bonds. The molecule has 1 N–H and O–H groups in total. The lowest BCUT2D eigenvalue weighted by atomic mass is 10.1. The molecular formula is C24H26N4O2S. The molecule has 0 radical (unpaired) electrons. The molecule has 0 saturated carbocycles. The smallest absolute Gasteiger partial charge is 0.257 e. The molecular weight excluding hydrogens is 408 g/mol. The number of fused-ring (bicyclic) bond motifs is 1. The topological polar surface area (TPSA) is 78.4 Å². The zero-order valence-electron chi connectivity index (χ0n) is 17.8. The molecule has 3 aromatic rings. The van der Waals surface area contributed by atoms with Crippen LogP contribution in [-0.2, 0) is 0 Å². The molecule has 1 unspecified atom stereocenters. The third-order valence-electron chi connectivity index (χ3n) is 5.53. The summed E-state index contributed by atoms with van der Waals surface area (Å²) in [5.41, 5.74) is 2.28. The number of nitrogens with zero attached hydrogens (tertiary/aromatic N) is 3. The van der Waals surface area contributed by atoms with Crippen molar-refractivity contribution in [3.05, 3.63) is 62.8 Å². The number of piperidine rings is 1. The van der Waals surface area contributed by atoms with Gasteiger partial charge in [0.25, 0.3) is 11.5 Å². The van der Waals surface area contributed by atoms with Crippen LogP contribution in [0.1, 0.15) is 54.4 Å². The minimum absolute atomic E-state index is 0.0325. The Labute approximate surface area is 185 Å². The number of aromatic amines is 1. The van der Waals surface area contributed by atoms with E-state index in [9.17, 15) is 9.59 Å². The van der Waals surface area contributed by atoms with Gasteiger partial charge >= 0.3 is 0 Å². The number of allylic oxidation sites excluding steroid dienone is 1. The number of carbonyl (C=O) groups is 1. The molecule has 1 atom stereocenters. The number of aromatic nitrogens is 2. The molecule has 4 rings (SSSR count). The number of nitrogens with one attached hydrogen (secondary N) is 1. The second kappa shape index (κ2) is 9.39. The van der Waals surface area contributed by atoms with Crippen molar-refractivity contribution in [2.75, 3.05) is 13.1 Å². The van der Waals surface area contributed by atoms with E-state index in [1.807, 2.05) is 41.5 Å². The van der Waals surface area contributed by atoms with Gasteiger partial charge in [-0.1, -0.05) is 19.1 Å². The summed E-state index contributed by atoms with van der Waals surface area (Å²) in [7, 11) is 0. The van der Waals surface area contributed by atoms with Crippen molar-refractivity contribution in [3.8, 4) is 11.3 Å². The van der Waals surface area contributed by atoms with Gasteiger partial charge in [0.05, 0.1) is 16.3 Å². The van der Waals surface area contributed by atoms with Crippen LogP contribution in [0, 0.1) is 0 Å². The van der Waals surface area contributed by atoms with Crippen LogP contribution >= 0.6 is 11.3 Å². The van der Waals surface area contributed by atoms with Crippen molar-refractivity contribution in [3.63, 3.8) is 0 Å². The predicted molar refractivity (Wildman–Crippen MR) is 127 cm³/mol. The van der Waals surface area contributed by atoms with Crippen LogP contribution in [0.4, 0.5) is 0 Å². The third-order valence-corrected chi connectivity index (χ3v) is 6.58. The van der Waals surface area contributed by atoms with Crippen LogP contribution in [0.25, 0.3) is 22.2 Å². The van der Waals surface area contributed by atoms with Crippen LogP contribution in [0.3, 0.4) is 0 Å². The number of thiazole rings is 1. The van der Waals surface area contributed by atoms with Gasteiger partial charge in [0.15, 0.2) is 0 Å². The van der Waals surface area contributed by atoms with E-state index in [4.69, 9.17) is 0 Å². The van der Waals surface area contributed by atoms with Gasteiger partial charge in [-0.15, -0.1) is 11.3 Å². The molecule has 3 heterocycles. The molecule has 160 valence electrons. The molecule has 1 saturated heterocycles. The summed E-state index contributed by atoms with van der Waals surface area (Å²) in [4.78, 5) is 39.2. The first-order valence-corrected chi connectivity index (χ1v) is 11.5. The highest BCUT2D eigenvalue weighted by Crippen LogP contribution is 2.27. The van der Waals surface area contributed by atoms with Gasteiger partial charge in [-0.05, 0) is 49.8 Å². The summed E-state index contributed by atoms with van der Waals surface area (Å²) in [5, 5.41) is 3.72. The minimum Gasteiger partial charge on any atom is -0.339 e. The molecule has 31 heavy (non-hydrogen) atoms. The summed E-state index contributed by atoms with van der Waals surface area (Å²) in [5.74, 6) is 0.149. The van der Waals surface area contributed by atoms with Crippen molar-refractivity contribution in [1.29, 1.82) is 0 Å². The van der Waals surface area contributed by atoms with Gasteiger partial charge in [0.2, 0.25) is 0 Å². The maximum absolute atomic E-state index is 12.8. The van der Waals surface area contributed by atoms with E-state index < -0.39 is 0 Å². The average molecular weight is 435 g/mol. The Morgan fingerprint density at radius 3 is 2.84 bits per heavy atom. The number of hydrogen-bond donors (Lipinski definition) is 1. The van der Waals surface area contributed by atoms with Crippen molar-refractivity contribution in [1.82, 2.24) is 14.9 Å². The lowest BCUT2D eigenvalue weighted by Crippen LogP contribution is -2.35. The summed E-state index contributed by atoms with van der Waals surface area (Å²) in [6, 6.07) is 7.37. The number of carbonyl (C=O) groups excluding carboxylic acids is 1. The summed E-state index contributed by atoms with van der Waals surface area (Å²) in [6.07, 6.45) is 8.75. The van der Waals surface area contributed by atoms with Crippen molar-refractivity contribution in [2.24, 2.45) is 4.99 Å². The molecule has 0 bridgehead atoms. The normalized spacial score (nSPS) is 15.9. The summed E-state index contributed by atoms with van der Waals surface area (Å²) >= 11 is 1.53. The van der Waals surface area contributed by atoms with E-state index in [0.717, 1.165) is 36.3 Å². The van der Waals surface area contributed by atoms with E-state index >= 15 is 0 Å². The molecule has 1 aromatic carbocycles. The first kappa shape index (κ1) is 21.2. The molecule has 2 aromatic heterocycles. The van der Waals surface area contributed by atoms with Gasteiger partial charge < -0.3 is 9.88 Å². The van der Waals surface area contributed by atoms with Gasteiger partial charge in [-0.25, -0.2) is 4.98 Å². The van der Waals surface area contributed by atoms with Crippen LogP contribution in [0.15, 0.2) is 51.7 Å². The first-order chi connectivity index (χ1) is 15.1. The Morgan fingerprint density at radius 1 is 1.26 bits per heavy atom. The van der Waals surface area contributed by atoms with E-state index in [-0.39, 0.29) is 17.4 Å². The Balaban J connectivity index is 1.61. The van der Waals surface area contributed by atoms with Crippen molar-refractivity contribution >= 4 is 34.4 Å². The lowest BCUT2D eigenvalue weighted by Gasteiger charge is -2.26. The highest BCUT2D eigenvalue weighted by molar-refractivity contribution is 7.10. The number of pyridine rings is 1. The molecule has 1 aliphatic rings. The number of likely N-dealkylation sites (tertiary alicyclic amines) is 1. The van der Waals surface area contributed by atoms with E-state index in [2.05, 4.69) is 21.9 Å². The first-order valence-electron chi connectivity index (χ1n) is 10.6. The van der Waals surface area contributed by atoms with Crippen LogP contribution in [-0.4, -0.2) is 40.1 Å². The molecule has 1 aliphatic heterocycles. The minimum atomic E-state index is -0.203. The van der Waals surface area contributed by atoms with Gasteiger partial charge in [-0.3, -0.25) is 14.6 Å². The predicted octanol–water partition coefficient (Wildman–Crippen LogP) is 4.99. The van der Waals surface area contributed by atoms with Crippen molar-refractivity contribution < 1.29 is 4.79 Å². The van der Waals surface area contributed by atoms with Crippen LogP contribution in [0.2, 0.25) is 0 Å². The molecule has 6 nitrogen and oxygen atoms in total. The molecule has 7 heteroatoms. The molecule has 0 spiro atoms. The maximum Gasteiger partial charge on any atom is 0.257 e. The standard InChI is InChI=1S/C24H26N4O2S/c1-3-25-10-9-16(2)23-27-21(15-31-23)19-13-17-7-8-18(14-20(17)26-22(19)29)24(30)28-11-5-4-6-12-28/h3,7-10,13-16H,4-6,11-12H2,1-2H3,(H,26,29)/b10-9-,25-3?. The highest BCUT2D eigenvalue weighted by atomic mass is 32.1. The average Bonchev–Trinajstić information content (AvgIpc) is 3.28. The zero-order chi connectivity index (χ0) is 21.8. The van der Waals surface area contributed by atoms with Crippen LogP contribution < -0.4 is 5.56 Å². The zero-order valence-corrected chi connectivity index (χ0v) is 18.6. The number of H-pyrrole nitrogens is 1. The number of amides is 1. The monoisotopic (exact) mass is 434 g/mol. The Hall–Kier alpha value is -3.06. The molecule has 1 fully saturated rings. The van der Waals surface area contributed by atoms with Crippen molar-refractivity contribution in [2.45, 2.75) is 39.0 Å². The number of aliphatic imine (C=N–C) groups is 1. The van der Waals surface area contributed by atoms with Crippen LogP contribution in [0.5, 0.6) is 0 Å². The fraction of sp³-hybridized carbons (Fsp3) is 0.333. The fourth-order valence-electron chi connectivity index (χ4n) is 3.77. The Morgan fingerprint density at radius 2 is 2.06 bits per heavy atom.